The molecule has 3 rings (SSSR count). The van der Waals surface area contributed by atoms with E-state index in [0.29, 0.717) is 16.9 Å². The van der Waals surface area contributed by atoms with Crippen LogP contribution in [0.3, 0.4) is 0 Å². The predicted octanol–water partition coefficient (Wildman–Crippen LogP) is 3.26. The van der Waals surface area contributed by atoms with Crippen LogP contribution in [0.5, 0.6) is 0 Å². The van der Waals surface area contributed by atoms with E-state index in [1.807, 2.05) is 0 Å². The lowest BCUT2D eigenvalue weighted by Crippen LogP contribution is -2.34. The minimum Gasteiger partial charge on any atom is -0.438 e. The third kappa shape index (κ3) is 2.38. The van der Waals surface area contributed by atoms with E-state index in [1.165, 1.54) is 6.07 Å². The van der Waals surface area contributed by atoms with E-state index in [1.54, 1.807) is 38.1 Å². The van der Waals surface area contributed by atoms with Gasteiger partial charge in [0.1, 0.15) is 11.7 Å². The summed E-state index contributed by atoms with van der Waals surface area (Å²) >= 11 is 0. The van der Waals surface area contributed by atoms with Crippen molar-refractivity contribution in [2.75, 3.05) is 5.32 Å². The number of nitrogens with one attached hydrogen (secondary N) is 2. The van der Waals surface area contributed by atoms with Crippen LogP contribution in [0.25, 0.3) is 11.3 Å². The van der Waals surface area contributed by atoms with Gasteiger partial charge in [-0.25, -0.2) is 4.79 Å². The quantitative estimate of drug-likeness (QED) is 0.651. The molecule has 0 aliphatic carbocycles. The number of fused-ring (bicyclic) bond motifs is 1. The Hall–Kier alpha value is -3.34. The van der Waals surface area contributed by atoms with Gasteiger partial charge in [0, 0.05) is 11.6 Å². The molecule has 1 aliphatic rings. The lowest BCUT2D eigenvalue weighted by molar-refractivity contribution is -0.385. The molecule has 1 aromatic heterocycles. The lowest BCUT2D eigenvalue weighted by atomic mass is 9.92. The van der Waals surface area contributed by atoms with Crippen molar-refractivity contribution in [1.82, 2.24) is 4.98 Å². The van der Waals surface area contributed by atoms with Gasteiger partial charge in [-0.1, -0.05) is 6.07 Å². The van der Waals surface area contributed by atoms with E-state index in [-0.39, 0.29) is 11.4 Å². The molecule has 2 heterocycles. The topological polar surface area (TPSA) is 121 Å². The summed E-state index contributed by atoms with van der Waals surface area (Å²) < 4.78 is 5.26. The summed E-state index contributed by atoms with van der Waals surface area (Å²) in [6.07, 6.45) is -0.530. The second kappa shape index (κ2) is 4.84. The number of hydrogen-bond acceptors (Lipinski definition) is 5. The minimum absolute atomic E-state index is 0.105. The van der Waals surface area contributed by atoms with Gasteiger partial charge in [-0.3, -0.25) is 15.4 Å². The first-order valence-corrected chi connectivity index (χ1v) is 6.74. The summed E-state index contributed by atoms with van der Waals surface area (Å²) in [5.41, 5.74) is 1.26. The maximum absolute atomic E-state index is 11.5. The molecule has 0 bridgehead atoms. The molecule has 1 aliphatic heterocycles. The van der Waals surface area contributed by atoms with Crippen molar-refractivity contribution in [3.8, 4) is 17.3 Å². The number of hydrogen-bond donors (Lipinski definition) is 2. The van der Waals surface area contributed by atoms with Gasteiger partial charge in [0.25, 0.3) is 0 Å². The molecule has 2 N–H and O–H groups in total. The first-order chi connectivity index (χ1) is 10.8. The Morgan fingerprint density at radius 3 is 2.70 bits per heavy atom. The van der Waals surface area contributed by atoms with Crippen LogP contribution in [-0.2, 0) is 10.3 Å². The number of carbonyl (C=O) groups excluding carboxylic acids is 1. The van der Waals surface area contributed by atoms with Crippen LogP contribution in [0.4, 0.5) is 16.2 Å². The molecular weight excluding hydrogens is 300 g/mol. The summed E-state index contributed by atoms with van der Waals surface area (Å²) in [6, 6.07) is 8.26. The number of carbonyl (C=O) groups is 1. The van der Waals surface area contributed by atoms with Crippen molar-refractivity contribution >= 4 is 17.5 Å². The van der Waals surface area contributed by atoms with Crippen molar-refractivity contribution in [1.29, 1.82) is 5.26 Å². The van der Waals surface area contributed by atoms with Gasteiger partial charge in [-0.05, 0) is 31.5 Å². The summed E-state index contributed by atoms with van der Waals surface area (Å²) in [5, 5.41) is 22.6. The largest absolute Gasteiger partial charge is 0.438 e. The highest BCUT2D eigenvalue weighted by atomic mass is 16.6. The summed E-state index contributed by atoms with van der Waals surface area (Å²) in [5.74, 6) is 0. The summed E-state index contributed by atoms with van der Waals surface area (Å²) in [6.45, 7) is 3.51. The normalized spacial score (nSPS) is 15.1. The number of H-pyrrole nitrogens is 1. The molecule has 1 amide bonds. The third-order valence-corrected chi connectivity index (χ3v) is 3.67. The maximum atomic E-state index is 11.5. The fourth-order valence-electron chi connectivity index (χ4n) is 2.57. The van der Waals surface area contributed by atoms with Crippen molar-refractivity contribution in [3.05, 3.63) is 45.6 Å². The summed E-state index contributed by atoms with van der Waals surface area (Å²) in [4.78, 5) is 24.6. The number of rotatable bonds is 2. The first kappa shape index (κ1) is 14.6. The zero-order valence-electron chi connectivity index (χ0n) is 12.3. The molecule has 23 heavy (non-hydrogen) atoms. The Morgan fingerprint density at radius 1 is 1.35 bits per heavy atom. The molecular formula is C15H12N4O4. The molecule has 116 valence electrons. The first-order valence-electron chi connectivity index (χ1n) is 6.74. The average Bonchev–Trinajstić information content (AvgIpc) is 2.90. The number of anilines is 1. The Labute approximate surface area is 130 Å². The number of nitro groups is 1. The molecule has 8 heteroatoms. The van der Waals surface area contributed by atoms with E-state index in [2.05, 4.69) is 10.3 Å². The van der Waals surface area contributed by atoms with E-state index < -0.39 is 16.6 Å². The number of ether oxygens (including phenoxy) is 1. The second-order valence-electron chi connectivity index (χ2n) is 5.60. The van der Waals surface area contributed by atoms with E-state index in [0.717, 1.165) is 5.56 Å². The zero-order chi connectivity index (χ0) is 16.8. The lowest BCUT2D eigenvalue weighted by Gasteiger charge is -2.32. The molecule has 0 unspecified atom stereocenters. The fourth-order valence-corrected chi connectivity index (χ4v) is 2.57. The van der Waals surface area contributed by atoms with Gasteiger partial charge in [0.15, 0.2) is 5.69 Å². The molecule has 0 radical (unpaired) electrons. The fraction of sp³-hybridized carbons (Fsp3) is 0.200. The van der Waals surface area contributed by atoms with Gasteiger partial charge in [-0.2, -0.15) is 5.26 Å². The van der Waals surface area contributed by atoms with Crippen LogP contribution in [0.15, 0.2) is 24.3 Å². The number of benzene rings is 1. The number of amides is 1. The number of nitriles is 1. The molecule has 0 atom stereocenters. The molecule has 0 spiro atoms. The standard InChI is InChI=1S/C15H12N4O4/c1-15(2)9-5-8(3-4-10(9)18-14(20)23-15)11-6-13(19(21)22)12(7-16)17-11/h3-6,17H,1-2H3,(H,18,20). The Morgan fingerprint density at radius 2 is 2.09 bits per heavy atom. The van der Waals surface area contributed by atoms with Crippen LogP contribution < -0.4 is 5.32 Å². The van der Waals surface area contributed by atoms with Gasteiger partial charge >= 0.3 is 11.8 Å². The number of aromatic amines is 1. The van der Waals surface area contributed by atoms with Crippen LogP contribution >= 0.6 is 0 Å². The van der Waals surface area contributed by atoms with Gasteiger partial charge in [0.05, 0.1) is 16.3 Å². The monoisotopic (exact) mass is 312 g/mol. The number of nitrogens with zero attached hydrogens (tertiary/aromatic N) is 2. The van der Waals surface area contributed by atoms with E-state index >= 15 is 0 Å². The third-order valence-electron chi connectivity index (χ3n) is 3.67. The Bertz CT molecular complexity index is 876. The highest BCUT2D eigenvalue weighted by Crippen LogP contribution is 2.38. The predicted molar refractivity (Wildman–Crippen MR) is 80.7 cm³/mol. The molecule has 0 saturated heterocycles. The Balaban J connectivity index is 2.12. The van der Waals surface area contributed by atoms with Gasteiger partial charge < -0.3 is 9.72 Å². The van der Waals surface area contributed by atoms with Crippen molar-refractivity contribution in [2.24, 2.45) is 0 Å². The van der Waals surface area contributed by atoms with Crippen LogP contribution in [0, 0.1) is 21.4 Å². The van der Waals surface area contributed by atoms with Crippen molar-refractivity contribution < 1.29 is 14.5 Å². The Kier molecular flexibility index (Phi) is 3.07. The molecule has 0 saturated carbocycles. The smallest absolute Gasteiger partial charge is 0.412 e. The molecule has 1 aromatic carbocycles. The second-order valence-corrected chi connectivity index (χ2v) is 5.60. The van der Waals surface area contributed by atoms with Crippen molar-refractivity contribution in [3.63, 3.8) is 0 Å². The van der Waals surface area contributed by atoms with Crippen LogP contribution in [0.2, 0.25) is 0 Å². The number of aromatic nitrogens is 1. The van der Waals surface area contributed by atoms with E-state index in [9.17, 15) is 14.9 Å². The highest BCUT2D eigenvalue weighted by molar-refractivity contribution is 5.89. The molecule has 8 nitrogen and oxygen atoms in total. The van der Waals surface area contributed by atoms with Crippen LogP contribution in [0.1, 0.15) is 25.1 Å². The maximum Gasteiger partial charge on any atom is 0.412 e. The van der Waals surface area contributed by atoms with Gasteiger partial charge in [-0.15, -0.1) is 0 Å². The molecule has 2 aromatic rings. The highest BCUT2D eigenvalue weighted by Gasteiger charge is 2.33. The van der Waals surface area contributed by atoms with Gasteiger partial charge in [0.2, 0.25) is 0 Å². The van der Waals surface area contributed by atoms with E-state index in [4.69, 9.17) is 10.00 Å². The molecule has 0 fully saturated rings. The zero-order valence-corrected chi connectivity index (χ0v) is 12.3. The number of cyclic esters (lactones) is 1. The summed E-state index contributed by atoms with van der Waals surface area (Å²) in [7, 11) is 0. The van der Waals surface area contributed by atoms with Crippen molar-refractivity contribution in [2.45, 2.75) is 19.4 Å². The van der Waals surface area contributed by atoms with Crippen LogP contribution in [-0.4, -0.2) is 16.0 Å². The average molecular weight is 312 g/mol. The SMILES string of the molecule is CC1(C)OC(=O)Nc2ccc(-c3cc([N+](=O)[O-])c(C#N)[nH]3)cc21. The minimum atomic E-state index is -0.829.